The zero-order valence-corrected chi connectivity index (χ0v) is 8.49. The van der Waals surface area contributed by atoms with Crippen molar-refractivity contribution in [2.45, 2.75) is 26.8 Å². The summed E-state index contributed by atoms with van der Waals surface area (Å²) in [6, 6.07) is 2.40. The van der Waals surface area contributed by atoms with Crippen molar-refractivity contribution >= 4 is 0 Å². The Labute approximate surface area is 79.6 Å². The Morgan fingerprint density at radius 3 is 2.62 bits per heavy atom. The Balaban J connectivity index is 2.76. The van der Waals surface area contributed by atoms with Gasteiger partial charge in [-0.15, -0.1) is 0 Å². The molecule has 0 spiro atoms. The van der Waals surface area contributed by atoms with E-state index < -0.39 is 0 Å². The zero-order valence-electron chi connectivity index (χ0n) is 8.49. The summed E-state index contributed by atoms with van der Waals surface area (Å²) in [7, 11) is 0. The van der Waals surface area contributed by atoms with E-state index in [0.717, 1.165) is 6.54 Å². The number of nitrogens with zero attached hydrogens (tertiary/aromatic N) is 2. The van der Waals surface area contributed by atoms with Gasteiger partial charge in [0.05, 0.1) is 6.20 Å². The minimum atomic E-state index is 0.389. The lowest BCUT2D eigenvalue weighted by Crippen LogP contribution is -2.25. The lowest BCUT2D eigenvalue weighted by atomic mass is 9.98. The monoisotopic (exact) mass is 179 g/mol. The highest BCUT2D eigenvalue weighted by Gasteiger charge is 2.13. The summed E-state index contributed by atoms with van der Waals surface area (Å²) in [4.78, 5) is 0. The molecule has 1 rings (SSSR count). The molecular weight excluding hydrogens is 162 g/mol. The summed E-state index contributed by atoms with van der Waals surface area (Å²) in [6.07, 6.45) is 3.56. The maximum Gasteiger partial charge on any atom is 0.0544 e. The molecule has 1 atom stereocenters. The summed E-state index contributed by atoms with van der Waals surface area (Å²) >= 11 is 0. The molecule has 13 heavy (non-hydrogen) atoms. The number of rotatable bonds is 4. The minimum absolute atomic E-state index is 0.389. The van der Waals surface area contributed by atoms with Crippen LogP contribution in [0.4, 0.5) is 0 Å². The fourth-order valence-electron chi connectivity index (χ4n) is 1.44. The first-order chi connectivity index (χ1) is 6.25. The van der Waals surface area contributed by atoms with Crippen molar-refractivity contribution in [3.63, 3.8) is 0 Å². The number of aromatic nitrogens is 2. The van der Waals surface area contributed by atoms with Crippen molar-refractivity contribution in [3.8, 4) is 0 Å². The molecule has 1 aromatic heterocycles. The van der Waals surface area contributed by atoms with Crippen LogP contribution in [0.3, 0.4) is 0 Å². The van der Waals surface area contributed by atoms with Crippen LogP contribution in [0.25, 0.3) is 0 Å². The summed E-state index contributed by atoms with van der Waals surface area (Å²) in [5.74, 6) is 0.573. The molecule has 0 aliphatic rings. The number of hydrogen-bond donors (Lipinski definition) is 1. The van der Waals surface area contributed by atoms with Crippen LogP contribution in [0.15, 0.2) is 18.5 Å². The molecule has 0 radical (unpaired) electrons. The second kappa shape index (κ2) is 4.92. The number of nitrogens with one attached hydrogen (secondary N) is 1. The Morgan fingerprint density at radius 1 is 1.38 bits per heavy atom. The van der Waals surface area contributed by atoms with Gasteiger partial charge in [0, 0.05) is 12.2 Å². The first-order valence-corrected chi connectivity index (χ1v) is 4.75. The van der Waals surface area contributed by atoms with Gasteiger partial charge in [-0.1, -0.05) is 20.8 Å². The SMILES string of the molecule is CCNC(c1ccnnc1)C(C)C. The Hall–Kier alpha value is -0.960. The average molecular weight is 179 g/mol. The zero-order chi connectivity index (χ0) is 9.68. The molecule has 0 aliphatic carbocycles. The van der Waals surface area contributed by atoms with Gasteiger partial charge in [0.25, 0.3) is 0 Å². The van der Waals surface area contributed by atoms with E-state index >= 15 is 0 Å². The molecule has 0 aliphatic heterocycles. The molecule has 1 N–H and O–H groups in total. The van der Waals surface area contributed by atoms with E-state index in [0.29, 0.717) is 12.0 Å². The van der Waals surface area contributed by atoms with Crippen LogP contribution in [0.5, 0.6) is 0 Å². The molecule has 0 saturated carbocycles. The molecule has 1 unspecified atom stereocenters. The number of hydrogen-bond acceptors (Lipinski definition) is 3. The first kappa shape index (κ1) is 10.1. The van der Waals surface area contributed by atoms with Crippen LogP contribution in [0.1, 0.15) is 32.4 Å². The van der Waals surface area contributed by atoms with Crippen molar-refractivity contribution in [1.29, 1.82) is 0 Å². The molecule has 3 nitrogen and oxygen atoms in total. The van der Waals surface area contributed by atoms with Crippen LogP contribution < -0.4 is 5.32 Å². The lowest BCUT2D eigenvalue weighted by molar-refractivity contribution is 0.420. The topological polar surface area (TPSA) is 37.8 Å². The predicted octanol–water partition coefficient (Wildman–Crippen LogP) is 1.78. The smallest absolute Gasteiger partial charge is 0.0544 e. The van der Waals surface area contributed by atoms with Gasteiger partial charge in [-0.05, 0) is 24.1 Å². The second-order valence-electron chi connectivity index (χ2n) is 3.46. The van der Waals surface area contributed by atoms with Crippen molar-refractivity contribution in [1.82, 2.24) is 15.5 Å². The molecule has 0 amide bonds. The maximum atomic E-state index is 3.88. The molecule has 0 aromatic carbocycles. The molecule has 1 heterocycles. The van der Waals surface area contributed by atoms with Crippen LogP contribution in [0.2, 0.25) is 0 Å². The average Bonchev–Trinajstić information content (AvgIpc) is 2.15. The van der Waals surface area contributed by atoms with Gasteiger partial charge in [0.15, 0.2) is 0 Å². The van der Waals surface area contributed by atoms with E-state index in [1.807, 2.05) is 12.3 Å². The Kier molecular flexibility index (Phi) is 3.83. The van der Waals surface area contributed by atoms with E-state index in [-0.39, 0.29) is 0 Å². The third-order valence-corrected chi connectivity index (χ3v) is 2.06. The van der Waals surface area contributed by atoms with Crippen molar-refractivity contribution in [3.05, 3.63) is 24.0 Å². The quantitative estimate of drug-likeness (QED) is 0.765. The van der Waals surface area contributed by atoms with Gasteiger partial charge in [0.2, 0.25) is 0 Å². The van der Waals surface area contributed by atoms with Crippen molar-refractivity contribution in [2.24, 2.45) is 5.92 Å². The van der Waals surface area contributed by atoms with E-state index in [1.165, 1.54) is 5.56 Å². The highest BCUT2D eigenvalue weighted by molar-refractivity contribution is 5.12. The molecule has 72 valence electrons. The van der Waals surface area contributed by atoms with Gasteiger partial charge in [-0.2, -0.15) is 10.2 Å². The molecule has 0 fully saturated rings. The standard InChI is InChI=1S/C10H17N3/c1-4-11-10(8(2)3)9-5-6-12-13-7-9/h5-8,10-11H,4H2,1-3H3. The third kappa shape index (κ3) is 2.77. The minimum Gasteiger partial charge on any atom is -0.310 e. The van der Waals surface area contributed by atoms with Crippen molar-refractivity contribution < 1.29 is 0 Å². The van der Waals surface area contributed by atoms with Gasteiger partial charge in [-0.3, -0.25) is 0 Å². The largest absolute Gasteiger partial charge is 0.310 e. The van der Waals surface area contributed by atoms with Crippen LogP contribution >= 0.6 is 0 Å². The highest BCUT2D eigenvalue weighted by atomic mass is 15.1. The van der Waals surface area contributed by atoms with E-state index in [1.54, 1.807) is 6.20 Å². The lowest BCUT2D eigenvalue weighted by Gasteiger charge is -2.21. The Bertz CT molecular complexity index is 233. The molecule has 0 saturated heterocycles. The molecule has 0 bridgehead atoms. The van der Waals surface area contributed by atoms with E-state index in [4.69, 9.17) is 0 Å². The van der Waals surface area contributed by atoms with Gasteiger partial charge < -0.3 is 5.32 Å². The van der Waals surface area contributed by atoms with E-state index in [9.17, 15) is 0 Å². The molecular formula is C10H17N3. The van der Waals surface area contributed by atoms with Crippen LogP contribution in [-0.4, -0.2) is 16.7 Å². The molecule has 1 aromatic rings. The van der Waals surface area contributed by atoms with Gasteiger partial charge >= 0.3 is 0 Å². The third-order valence-electron chi connectivity index (χ3n) is 2.06. The molecule has 3 heteroatoms. The fraction of sp³-hybridized carbons (Fsp3) is 0.600. The second-order valence-corrected chi connectivity index (χ2v) is 3.46. The summed E-state index contributed by atoms with van der Waals surface area (Å²) in [6.45, 7) is 7.50. The summed E-state index contributed by atoms with van der Waals surface area (Å²) < 4.78 is 0. The highest BCUT2D eigenvalue weighted by Crippen LogP contribution is 2.19. The van der Waals surface area contributed by atoms with Gasteiger partial charge in [0.1, 0.15) is 0 Å². The van der Waals surface area contributed by atoms with Crippen molar-refractivity contribution in [2.75, 3.05) is 6.54 Å². The summed E-state index contributed by atoms with van der Waals surface area (Å²) in [5, 5.41) is 11.1. The fourth-order valence-corrected chi connectivity index (χ4v) is 1.44. The van der Waals surface area contributed by atoms with Crippen LogP contribution in [-0.2, 0) is 0 Å². The Morgan fingerprint density at radius 2 is 2.15 bits per heavy atom. The normalized spacial score (nSPS) is 13.2. The van der Waals surface area contributed by atoms with Crippen LogP contribution in [0, 0.1) is 5.92 Å². The maximum absolute atomic E-state index is 3.88. The summed E-state index contributed by atoms with van der Waals surface area (Å²) in [5.41, 5.74) is 1.21. The predicted molar refractivity (Wildman–Crippen MR) is 53.3 cm³/mol. The van der Waals surface area contributed by atoms with E-state index in [2.05, 4.69) is 36.3 Å². The van der Waals surface area contributed by atoms with Gasteiger partial charge in [-0.25, -0.2) is 0 Å². The first-order valence-electron chi connectivity index (χ1n) is 4.75.